The predicted molar refractivity (Wildman–Crippen MR) is 280 cm³/mol. The van der Waals surface area contributed by atoms with Gasteiger partial charge in [0.15, 0.2) is 0 Å². The molecule has 0 bridgehead atoms. The molecule has 0 saturated carbocycles. The number of carbonyl (C=O) groups is 2. The molecule has 2 amide bonds. The lowest BCUT2D eigenvalue weighted by Crippen LogP contribution is -2.41. The Morgan fingerprint density at radius 2 is 1.17 bits per heavy atom. The predicted octanol–water partition coefficient (Wildman–Crippen LogP) is 10.0. The number of hydrogen-bond acceptors (Lipinski definition) is 14. The summed E-state index contributed by atoms with van der Waals surface area (Å²) < 4.78 is 26.6. The molecule has 20 heteroatoms. The lowest BCUT2D eigenvalue weighted by molar-refractivity contribution is 0.00578. The van der Waals surface area contributed by atoms with Gasteiger partial charge in [0.25, 0.3) is 0 Å². The fourth-order valence-corrected chi connectivity index (χ4v) is 8.53. The average molecular weight is 1000 g/mol. The fourth-order valence-electron chi connectivity index (χ4n) is 8.39. The zero-order chi connectivity index (χ0) is 52.0. The van der Waals surface area contributed by atoms with Crippen LogP contribution in [-0.2, 0) is 45.7 Å². The largest absolute Gasteiger partial charge is 0.494 e. The number of fused-ring (bicyclic) bond motifs is 2. The number of nitrogens with zero attached hydrogens (tertiary/aromatic N) is 8. The van der Waals surface area contributed by atoms with Crippen LogP contribution in [-0.4, -0.2) is 81.2 Å². The number of anilines is 4. The summed E-state index contributed by atoms with van der Waals surface area (Å²) in [5, 5.41) is 20.9. The first-order chi connectivity index (χ1) is 33.9. The maximum Gasteiger partial charge on any atom is 0.494 e. The van der Waals surface area contributed by atoms with E-state index in [1.54, 1.807) is 34.2 Å². The summed E-state index contributed by atoms with van der Waals surface area (Å²) >= 11 is 5.70. The minimum atomic E-state index is -0.514. The van der Waals surface area contributed by atoms with Gasteiger partial charge in [-0.3, -0.25) is 9.36 Å². The number of ether oxygens (including phenoxy) is 2. The number of aryl methyl sites for hydroxylation is 4. The molecule has 72 heavy (non-hydrogen) atoms. The van der Waals surface area contributed by atoms with Crippen LogP contribution >= 0.6 is 11.6 Å². The molecule has 9 rings (SSSR count). The van der Waals surface area contributed by atoms with Crippen molar-refractivity contribution in [1.29, 1.82) is 0 Å². The Balaban J connectivity index is 0.000000169. The lowest BCUT2D eigenvalue weighted by atomic mass is 9.75. The van der Waals surface area contributed by atoms with E-state index in [1.807, 2.05) is 80.2 Å². The van der Waals surface area contributed by atoms with Gasteiger partial charge < -0.3 is 40.0 Å². The highest BCUT2D eigenvalue weighted by Gasteiger charge is 2.52. The van der Waals surface area contributed by atoms with E-state index < -0.39 is 11.2 Å². The number of alkyl carbamates (subject to hydrolysis) is 2. The lowest BCUT2D eigenvalue weighted by Gasteiger charge is -2.32. The number of rotatable bonds is 8. The van der Waals surface area contributed by atoms with Gasteiger partial charge in [-0.25, -0.2) is 29.5 Å². The molecule has 2 atom stereocenters. The molecule has 382 valence electrons. The van der Waals surface area contributed by atoms with E-state index in [2.05, 4.69) is 109 Å². The second kappa shape index (κ2) is 22.1. The minimum Gasteiger partial charge on any atom is -0.444 e. The van der Waals surface area contributed by atoms with Crippen LogP contribution < -0.4 is 26.7 Å². The zero-order valence-electron chi connectivity index (χ0n) is 43.5. The monoisotopic (exact) mass is 1000 g/mol. The molecule has 0 spiro atoms. The zero-order valence-corrected chi connectivity index (χ0v) is 44.2. The van der Waals surface area contributed by atoms with Crippen LogP contribution in [0.2, 0.25) is 5.15 Å². The van der Waals surface area contributed by atoms with E-state index in [9.17, 15) is 9.59 Å². The number of benzene rings is 2. The van der Waals surface area contributed by atoms with Crippen molar-refractivity contribution in [1.82, 2.24) is 50.1 Å². The molecule has 6 aromatic rings. The van der Waals surface area contributed by atoms with Crippen molar-refractivity contribution in [2.75, 3.05) is 10.6 Å². The smallest absolute Gasteiger partial charge is 0.444 e. The SMILES string of the molecule is CC(C)(C)OC(=O)NC1CCCc2cc(B3OC(C)(C)C(C)(C)O3)ccc21.Cn1cc(Nc2cc(-c3ccc4c(c3)CCCC4NC(=O)OC(C)(C)C)ncn2)cn1.Cn1cc(Nc2cc(Cl)ncn2)cn1. The molecule has 1 aliphatic heterocycles. The number of hydrogen-bond donors (Lipinski definition) is 4. The van der Waals surface area contributed by atoms with Crippen molar-refractivity contribution >= 4 is 59.4 Å². The Morgan fingerprint density at radius 3 is 1.65 bits per heavy atom. The van der Waals surface area contributed by atoms with Gasteiger partial charge in [0.2, 0.25) is 0 Å². The molecular weight excluding hydrogens is 935 g/mol. The van der Waals surface area contributed by atoms with Crippen LogP contribution in [0.3, 0.4) is 0 Å². The van der Waals surface area contributed by atoms with E-state index in [4.69, 9.17) is 30.4 Å². The second-order valence-corrected chi connectivity index (χ2v) is 21.6. The molecule has 18 nitrogen and oxygen atoms in total. The first-order valence-electron chi connectivity index (χ1n) is 24.3. The summed E-state index contributed by atoms with van der Waals surface area (Å²) in [6.45, 7) is 19.5. The summed E-state index contributed by atoms with van der Waals surface area (Å²) in [6.07, 6.45) is 15.2. The maximum absolute atomic E-state index is 12.3. The third-order valence-electron chi connectivity index (χ3n) is 12.4. The number of amides is 2. The maximum atomic E-state index is 12.3. The van der Waals surface area contributed by atoms with Crippen LogP contribution in [0.4, 0.5) is 32.6 Å². The topological polar surface area (TPSA) is 206 Å². The average Bonchev–Trinajstić information content (AvgIpc) is 3.96. The van der Waals surface area contributed by atoms with Gasteiger partial charge in [-0.1, -0.05) is 41.9 Å². The molecule has 4 N–H and O–H groups in total. The Labute approximate surface area is 427 Å². The van der Waals surface area contributed by atoms with Crippen molar-refractivity contribution in [3.8, 4) is 11.3 Å². The Hall–Kier alpha value is -6.57. The normalized spacial score (nSPS) is 17.7. The van der Waals surface area contributed by atoms with Crippen molar-refractivity contribution in [2.45, 2.75) is 142 Å². The van der Waals surface area contributed by atoms with E-state index in [0.29, 0.717) is 16.8 Å². The molecular formula is C52H68BClN12O6. The van der Waals surface area contributed by atoms with Gasteiger partial charge in [0.05, 0.1) is 52.7 Å². The van der Waals surface area contributed by atoms with Crippen LogP contribution in [0.5, 0.6) is 0 Å². The van der Waals surface area contributed by atoms with Crippen LogP contribution in [0.15, 0.2) is 86.0 Å². The van der Waals surface area contributed by atoms with E-state index >= 15 is 0 Å². The van der Waals surface area contributed by atoms with Gasteiger partial charge >= 0.3 is 19.3 Å². The highest BCUT2D eigenvalue weighted by molar-refractivity contribution is 6.62. The van der Waals surface area contributed by atoms with Crippen LogP contribution in [0.1, 0.15) is 129 Å². The van der Waals surface area contributed by atoms with Crippen molar-refractivity contribution in [3.63, 3.8) is 0 Å². The van der Waals surface area contributed by atoms with Crippen molar-refractivity contribution in [2.24, 2.45) is 14.1 Å². The number of aromatic nitrogens is 8. The molecule has 0 radical (unpaired) electrons. The van der Waals surface area contributed by atoms with Gasteiger partial charge in [0, 0.05) is 44.2 Å². The van der Waals surface area contributed by atoms with Gasteiger partial charge in [-0.15, -0.1) is 0 Å². The molecule has 3 aliphatic rings. The molecule has 1 saturated heterocycles. The molecule has 2 unspecified atom stereocenters. The van der Waals surface area contributed by atoms with Crippen LogP contribution in [0, 0.1) is 0 Å². The van der Waals surface area contributed by atoms with Gasteiger partial charge in [-0.2, -0.15) is 10.2 Å². The Morgan fingerprint density at radius 1 is 0.681 bits per heavy atom. The summed E-state index contributed by atoms with van der Waals surface area (Å²) in [7, 11) is 3.35. The molecule has 5 heterocycles. The quantitative estimate of drug-likeness (QED) is 0.0827. The van der Waals surface area contributed by atoms with Gasteiger partial charge in [-0.05, 0) is 142 Å². The fraction of sp³-hybridized carbons (Fsp3) is 0.462. The van der Waals surface area contributed by atoms with Gasteiger partial charge in [0.1, 0.15) is 40.6 Å². The first-order valence-corrected chi connectivity index (χ1v) is 24.7. The van der Waals surface area contributed by atoms with E-state index in [-0.39, 0.29) is 42.6 Å². The summed E-state index contributed by atoms with van der Waals surface area (Å²) in [4.78, 5) is 41.0. The number of carbonyl (C=O) groups excluding carboxylic acids is 2. The Bertz CT molecular complexity index is 2820. The standard InChI is InChI=1S/C23H28N6O2.C21H32BNO4.C8H8ClN5/c1-23(2,3)31-22(30)28-19-7-5-6-15-10-16(8-9-18(15)19)20-11-21(25-14-24-20)27-17-12-26-29(4)13-17;1-19(2,3)25-18(24)23-17-10-8-9-14-13-15(11-12-16(14)17)22-26-20(4,5)21(6,7)27-22;1-14-4-6(3-12-14)13-8-2-7(9)10-5-11-8/h8-14,19H,5-7H2,1-4H3,(H,28,30)(H,24,25,27);11-13,17H,8-10H2,1-7H3,(H,23,24);2-5H,1H3,(H,10,11,13). The third-order valence-corrected chi connectivity index (χ3v) is 12.6. The van der Waals surface area contributed by atoms with E-state index in [1.165, 1.54) is 17.5 Å². The molecule has 4 aromatic heterocycles. The summed E-state index contributed by atoms with van der Waals surface area (Å²) in [5.41, 5.74) is 7.68. The van der Waals surface area contributed by atoms with Crippen LogP contribution in [0.25, 0.3) is 11.3 Å². The highest BCUT2D eigenvalue weighted by Crippen LogP contribution is 2.38. The first kappa shape index (κ1) is 53.2. The summed E-state index contributed by atoms with van der Waals surface area (Å²) in [5.74, 6) is 1.36. The van der Waals surface area contributed by atoms with Crippen molar-refractivity contribution in [3.05, 3.63) is 113 Å². The molecule has 1 fully saturated rings. The highest BCUT2D eigenvalue weighted by atomic mass is 35.5. The number of halogens is 1. The summed E-state index contributed by atoms with van der Waals surface area (Å²) in [6, 6.07) is 16.1. The number of nitrogens with one attached hydrogen (secondary N) is 4. The van der Waals surface area contributed by atoms with E-state index in [0.717, 1.165) is 77.7 Å². The Kier molecular flexibility index (Phi) is 16.3. The molecule has 2 aromatic carbocycles. The van der Waals surface area contributed by atoms with Crippen molar-refractivity contribution < 1.29 is 28.4 Å². The molecule has 2 aliphatic carbocycles. The third kappa shape index (κ3) is 14.5. The second-order valence-electron chi connectivity index (χ2n) is 21.2. The minimum absolute atomic E-state index is 0.0176.